The predicted molar refractivity (Wildman–Crippen MR) is 66.4 cm³/mol. The Labute approximate surface area is 98.2 Å². The predicted octanol–water partition coefficient (Wildman–Crippen LogP) is 2.41. The van der Waals surface area contributed by atoms with Gasteiger partial charge in [-0.05, 0) is 46.1 Å². The van der Waals surface area contributed by atoms with Gasteiger partial charge >= 0.3 is 0 Å². The lowest BCUT2D eigenvalue weighted by Gasteiger charge is -2.25. The molecule has 2 rings (SSSR count). The summed E-state index contributed by atoms with van der Waals surface area (Å²) in [6.45, 7) is 9.55. The van der Waals surface area contributed by atoms with Crippen molar-refractivity contribution >= 4 is 0 Å². The highest BCUT2D eigenvalue weighted by atomic mass is 15.3. The number of aryl methyl sites for hydroxylation is 2. The molecule has 1 aliphatic rings. The van der Waals surface area contributed by atoms with Crippen molar-refractivity contribution in [2.24, 2.45) is 5.92 Å². The zero-order valence-electron chi connectivity index (χ0n) is 10.7. The van der Waals surface area contributed by atoms with Crippen molar-refractivity contribution in [3.63, 3.8) is 0 Å². The molecule has 1 aliphatic carbocycles. The summed E-state index contributed by atoms with van der Waals surface area (Å²) < 4.78 is 2.09. The van der Waals surface area contributed by atoms with E-state index >= 15 is 0 Å². The van der Waals surface area contributed by atoms with Gasteiger partial charge < -0.3 is 5.32 Å². The van der Waals surface area contributed by atoms with Crippen LogP contribution in [0.15, 0.2) is 0 Å². The van der Waals surface area contributed by atoms with Crippen LogP contribution in [-0.4, -0.2) is 16.3 Å². The van der Waals surface area contributed by atoms with Gasteiger partial charge in [0.15, 0.2) is 0 Å². The third-order valence-corrected chi connectivity index (χ3v) is 3.79. The molecule has 0 saturated heterocycles. The Morgan fingerprint density at radius 1 is 1.38 bits per heavy atom. The van der Waals surface area contributed by atoms with Crippen LogP contribution in [0.2, 0.25) is 0 Å². The van der Waals surface area contributed by atoms with Crippen LogP contribution in [0.3, 0.4) is 0 Å². The molecule has 0 aliphatic heterocycles. The summed E-state index contributed by atoms with van der Waals surface area (Å²) in [6, 6.07) is 0. The molecule has 0 unspecified atom stereocenters. The average molecular weight is 221 g/mol. The first-order chi connectivity index (χ1) is 7.72. The molecular formula is C13H23N3. The van der Waals surface area contributed by atoms with Crippen LogP contribution in [-0.2, 0) is 13.1 Å². The summed E-state index contributed by atoms with van der Waals surface area (Å²) in [5.41, 5.74) is 3.89. The highest BCUT2D eigenvalue weighted by Gasteiger charge is 2.17. The van der Waals surface area contributed by atoms with Crippen LogP contribution >= 0.6 is 0 Å². The van der Waals surface area contributed by atoms with Gasteiger partial charge in [-0.3, -0.25) is 4.68 Å². The molecule has 1 saturated carbocycles. The van der Waals surface area contributed by atoms with E-state index in [1.54, 1.807) is 0 Å². The lowest BCUT2D eigenvalue weighted by Crippen LogP contribution is -2.27. The second-order valence-electron chi connectivity index (χ2n) is 4.89. The number of hydrogen-bond donors (Lipinski definition) is 1. The number of rotatable bonds is 5. The van der Waals surface area contributed by atoms with Crippen molar-refractivity contribution in [1.29, 1.82) is 0 Å². The normalized spacial score (nSPS) is 16.4. The van der Waals surface area contributed by atoms with E-state index in [0.29, 0.717) is 0 Å². The molecule has 1 N–H and O–H groups in total. The topological polar surface area (TPSA) is 29.9 Å². The number of nitrogens with zero attached hydrogens (tertiary/aromatic N) is 2. The number of hydrogen-bond acceptors (Lipinski definition) is 2. The fourth-order valence-electron chi connectivity index (χ4n) is 2.40. The maximum atomic E-state index is 4.54. The first-order valence-corrected chi connectivity index (χ1v) is 6.46. The van der Waals surface area contributed by atoms with Gasteiger partial charge in [0.1, 0.15) is 0 Å². The van der Waals surface area contributed by atoms with Gasteiger partial charge in [-0.25, -0.2) is 0 Å². The second-order valence-corrected chi connectivity index (χ2v) is 4.89. The van der Waals surface area contributed by atoms with Crippen molar-refractivity contribution in [2.45, 2.75) is 53.1 Å². The lowest BCUT2D eigenvalue weighted by atomic mass is 9.85. The standard InChI is InChI=1S/C13H23N3/c1-4-16-11(3)13(10(2)15-16)9-14-8-12-6-5-7-12/h12,14H,4-9H2,1-3H3. The molecule has 1 heterocycles. The maximum absolute atomic E-state index is 4.54. The van der Waals surface area contributed by atoms with Crippen LogP contribution in [0.5, 0.6) is 0 Å². The summed E-state index contributed by atoms with van der Waals surface area (Å²) in [6.07, 6.45) is 4.26. The van der Waals surface area contributed by atoms with E-state index in [1.165, 1.54) is 42.8 Å². The van der Waals surface area contributed by atoms with Crippen molar-refractivity contribution in [2.75, 3.05) is 6.54 Å². The third-order valence-electron chi connectivity index (χ3n) is 3.79. The molecule has 1 aromatic heterocycles. The Hall–Kier alpha value is -0.830. The number of nitrogens with one attached hydrogen (secondary N) is 1. The highest BCUT2D eigenvalue weighted by molar-refractivity contribution is 5.24. The van der Waals surface area contributed by atoms with Crippen molar-refractivity contribution in [3.8, 4) is 0 Å². The summed E-state index contributed by atoms with van der Waals surface area (Å²) in [4.78, 5) is 0. The van der Waals surface area contributed by atoms with Crippen molar-refractivity contribution in [1.82, 2.24) is 15.1 Å². The molecule has 1 fully saturated rings. The highest BCUT2D eigenvalue weighted by Crippen LogP contribution is 2.25. The first kappa shape index (κ1) is 11.6. The zero-order valence-corrected chi connectivity index (χ0v) is 10.7. The second kappa shape index (κ2) is 5.00. The number of aromatic nitrogens is 2. The first-order valence-electron chi connectivity index (χ1n) is 6.46. The van der Waals surface area contributed by atoms with Gasteiger partial charge in [-0.1, -0.05) is 6.42 Å². The molecule has 16 heavy (non-hydrogen) atoms. The smallest absolute Gasteiger partial charge is 0.0641 e. The van der Waals surface area contributed by atoms with E-state index in [0.717, 1.165) is 19.0 Å². The van der Waals surface area contributed by atoms with E-state index in [4.69, 9.17) is 0 Å². The maximum Gasteiger partial charge on any atom is 0.0641 e. The third kappa shape index (κ3) is 2.29. The van der Waals surface area contributed by atoms with Crippen molar-refractivity contribution in [3.05, 3.63) is 17.0 Å². The SMILES string of the molecule is CCn1nc(C)c(CNCC2CCC2)c1C. The molecule has 0 amide bonds. The molecule has 0 spiro atoms. The minimum absolute atomic E-state index is 0.932. The van der Waals surface area contributed by atoms with Gasteiger partial charge in [-0.2, -0.15) is 5.10 Å². The Balaban J connectivity index is 1.89. The molecule has 0 radical (unpaired) electrons. The zero-order chi connectivity index (χ0) is 11.5. The lowest BCUT2D eigenvalue weighted by molar-refractivity contribution is 0.301. The molecule has 3 nitrogen and oxygen atoms in total. The molecule has 0 atom stereocenters. The largest absolute Gasteiger partial charge is 0.312 e. The van der Waals surface area contributed by atoms with Gasteiger partial charge in [-0.15, -0.1) is 0 Å². The fraction of sp³-hybridized carbons (Fsp3) is 0.769. The van der Waals surface area contributed by atoms with Gasteiger partial charge in [0.25, 0.3) is 0 Å². The molecule has 0 bridgehead atoms. The van der Waals surface area contributed by atoms with Crippen LogP contribution in [0.25, 0.3) is 0 Å². The minimum Gasteiger partial charge on any atom is -0.312 e. The van der Waals surface area contributed by atoms with Gasteiger partial charge in [0, 0.05) is 24.3 Å². The summed E-state index contributed by atoms with van der Waals surface area (Å²) >= 11 is 0. The monoisotopic (exact) mass is 221 g/mol. The van der Waals surface area contributed by atoms with E-state index in [9.17, 15) is 0 Å². The fourth-order valence-corrected chi connectivity index (χ4v) is 2.40. The molecule has 3 heteroatoms. The molecule has 1 aromatic rings. The Morgan fingerprint density at radius 2 is 2.12 bits per heavy atom. The molecular weight excluding hydrogens is 198 g/mol. The van der Waals surface area contributed by atoms with Crippen LogP contribution in [0.1, 0.15) is 43.1 Å². The molecule has 90 valence electrons. The summed E-state index contributed by atoms with van der Waals surface area (Å²) in [7, 11) is 0. The quantitative estimate of drug-likeness (QED) is 0.827. The molecule has 0 aromatic carbocycles. The Kier molecular flexibility index (Phi) is 3.64. The van der Waals surface area contributed by atoms with E-state index in [1.807, 2.05) is 0 Å². The van der Waals surface area contributed by atoms with Crippen LogP contribution < -0.4 is 5.32 Å². The van der Waals surface area contributed by atoms with Crippen LogP contribution in [0, 0.1) is 19.8 Å². The van der Waals surface area contributed by atoms with E-state index in [2.05, 4.69) is 35.9 Å². The average Bonchev–Trinajstić information content (AvgIpc) is 2.47. The Bertz CT molecular complexity index is 350. The summed E-state index contributed by atoms with van der Waals surface area (Å²) in [5, 5.41) is 8.11. The van der Waals surface area contributed by atoms with Crippen molar-refractivity contribution < 1.29 is 0 Å². The summed E-state index contributed by atoms with van der Waals surface area (Å²) in [5.74, 6) is 0.932. The van der Waals surface area contributed by atoms with Gasteiger partial charge in [0.2, 0.25) is 0 Å². The van der Waals surface area contributed by atoms with Crippen LogP contribution in [0.4, 0.5) is 0 Å². The Morgan fingerprint density at radius 3 is 2.62 bits per heavy atom. The van der Waals surface area contributed by atoms with E-state index < -0.39 is 0 Å². The van der Waals surface area contributed by atoms with E-state index in [-0.39, 0.29) is 0 Å². The van der Waals surface area contributed by atoms with Gasteiger partial charge in [0.05, 0.1) is 5.69 Å². The minimum atomic E-state index is 0.932.